The smallest absolute Gasteiger partial charge is 0.296 e. The Kier molecular flexibility index (Phi) is 3.64. The van der Waals surface area contributed by atoms with Crippen molar-refractivity contribution >= 4 is 16.7 Å². The second-order valence-electron chi connectivity index (χ2n) is 4.93. The Balaban J connectivity index is 1.79. The molecule has 0 saturated heterocycles. The van der Waals surface area contributed by atoms with Crippen LogP contribution >= 0.6 is 0 Å². The molecule has 0 saturated carbocycles. The molecule has 1 aromatic carbocycles. The van der Waals surface area contributed by atoms with E-state index in [2.05, 4.69) is 17.1 Å². The highest BCUT2D eigenvalue weighted by Crippen LogP contribution is 2.26. The maximum atomic E-state index is 11.1. The minimum atomic E-state index is -0.349. The summed E-state index contributed by atoms with van der Waals surface area (Å²) in [5.74, 6) is 0. The van der Waals surface area contributed by atoms with Gasteiger partial charge in [0.1, 0.15) is 5.65 Å². The van der Waals surface area contributed by atoms with Crippen LogP contribution in [0.3, 0.4) is 0 Å². The highest BCUT2D eigenvalue weighted by atomic mass is 16.6. The largest absolute Gasteiger partial charge is 0.326 e. The van der Waals surface area contributed by atoms with E-state index in [0.29, 0.717) is 11.0 Å². The van der Waals surface area contributed by atoms with Gasteiger partial charge in [0.15, 0.2) is 0 Å². The van der Waals surface area contributed by atoms with E-state index >= 15 is 0 Å². The molecule has 2 heterocycles. The Hall–Kier alpha value is -2.69. The summed E-state index contributed by atoms with van der Waals surface area (Å²) >= 11 is 0. The van der Waals surface area contributed by atoms with E-state index in [1.54, 1.807) is 24.5 Å². The number of fused-ring (bicyclic) bond motifs is 1. The minimum absolute atomic E-state index is 0.123. The first-order chi connectivity index (χ1) is 10.3. The molecule has 0 amide bonds. The molecule has 0 unspecified atom stereocenters. The molecule has 0 aliphatic heterocycles. The maximum Gasteiger partial charge on any atom is 0.296 e. The molecule has 0 radical (unpaired) electrons. The zero-order chi connectivity index (χ0) is 14.7. The Morgan fingerprint density at radius 1 is 1.14 bits per heavy atom. The summed E-state index contributed by atoms with van der Waals surface area (Å²) in [7, 11) is 0. The lowest BCUT2D eigenvalue weighted by atomic mass is 10.1. The molecular formula is C16H15N3O2. The second-order valence-corrected chi connectivity index (χ2v) is 4.93. The van der Waals surface area contributed by atoms with Crippen LogP contribution in [0, 0.1) is 10.1 Å². The molecule has 0 bridgehead atoms. The standard InChI is InChI=1S/C16H15N3O2/c20-19(21)15-12-18(16-14(15)9-4-10-17-16)11-5-8-13-6-2-1-3-7-13/h1-4,6-7,9-10,12H,5,8,11H2. The monoisotopic (exact) mass is 281 g/mol. The van der Waals surface area contributed by atoms with Gasteiger partial charge in [-0.15, -0.1) is 0 Å². The van der Waals surface area contributed by atoms with Crippen LogP contribution in [0.1, 0.15) is 12.0 Å². The fraction of sp³-hybridized carbons (Fsp3) is 0.188. The third-order valence-corrected chi connectivity index (χ3v) is 3.52. The summed E-state index contributed by atoms with van der Waals surface area (Å²) in [4.78, 5) is 15.0. The van der Waals surface area contributed by atoms with Crippen molar-refractivity contribution in [3.8, 4) is 0 Å². The molecule has 2 aromatic heterocycles. The average Bonchev–Trinajstić information content (AvgIpc) is 2.88. The number of hydrogen-bond acceptors (Lipinski definition) is 3. The summed E-state index contributed by atoms with van der Waals surface area (Å²) in [6, 6.07) is 13.7. The summed E-state index contributed by atoms with van der Waals surface area (Å²) in [5, 5.41) is 11.7. The van der Waals surface area contributed by atoms with Gasteiger partial charge in [-0.25, -0.2) is 4.98 Å². The Morgan fingerprint density at radius 2 is 1.95 bits per heavy atom. The first kappa shape index (κ1) is 13.3. The molecule has 0 aliphatic carbocycles. The van der Waals surface area contributed by atoms with Gasteiger partial charge in [-0.3, -0.25) is 10.1 Å². The molecule has 0 aliphatic rings. The lowest BCUT2D eigenvalue weighted by molar-refractivity contribution is -0.383. The number of aryl methyl sites for hydroxylation is 2. The van der Waals surface area contributed by atoms with E-state index in [4.69, 9.17) is 0 Å². The van der Waals surface area contributed by atoms with Gasteiger partial charge in [0, 0.05) is 12.7 Å². The van der Waals surface area contributed by atoms with Crippen molar-refractivity contribution in [2.24, 2.45) is 0 Å². The van der Waals surface area contributed by atoms with E-state index in [-0.39, 0.29) is 10.6 Å². The van der Waals surface area contributed by atoms with Crippen LogP contribution in [0.4, 0.5) is 5.69 Å². The molecule has 0 atom stereocenters. The average molecular weight is 281 g/mol. The van der Waals surface area contributed by atoms with Crippen LogP contribution in [0.15, 0.2) is 54.9 Å². The molecule has 106 valence electrons. The highest BCUT2D eigenvalue weighted by Gasteiger charge is 2.17. The number of hydrogen-bond donors (Lipinski definition) is 0. The number of nitrogens with zero attached hydrogens (tertiary/aromatic N) is 3. The molecule has 0 N–H and O–H groups in total. The van der Waals surface area contributed by atoms with E-state index in [1.165, 1.54) is 5.56 Å². The highest BCUT2D eigenvalue weighted by molar-refractivity contribution is 5.86. The first-order valence-electron chi connectivity index (χ1n) is 6.88. The van der Waals surface area contributed by atoms with Crippen LogP contribution < -0.4 is 0 Å². The third kappa shape index (κ3) is 2.76. The van der Waals surface area contributed by atoms with Gasteiger partial charge in [0.25, 0.3) is 5.69 Å². The Labute approximate surface area is 122 Å². The molecule has 0 spiro atoms. The quantitative estimate of drug-likeness (QED) is 0.530. The lowest BCUT2D eigenvalue weighted by Crippen LogP contribution is -1.99. The first-order valence-corrected chi connectivity index (χ1v) is 6.88. The van der Waals surface area contributed by atoms with E-state index in [0.717, 1.165) is 19.4 Å². The summed E-state index contributed by atoms with van der Waals surface area (Å²) in [6.45, 7) is 0.718. The van der Waals surface area contributed by atoms with Crippen molar-refractivity contribution in [3.05, 3.63) is 70.5 Å². The normalized spacial score (nSPS) is 10.9. The van der Waals surface area contributed by atoms with Crippen LogP contribution in [-0.4, -0.2) is 14.5 Å². The molecule has 21 heavy (non-hydrogen) atoms. The van der Waals surface area contributed by atoms with E-state index < -0.39 is 0 Å². The summed E-state index contributed by atoms with van der Waals surface area (Å²) < 4.78 is 1.87. The van der Waals surface area contributed by atoms with Gasteiger partial charge < -0.3 is 4.57 Å². The second kappa shape index (κ2) is 5.75. The van der Waals surface area contributed by atoms with Gasteiger partial charge in [0.05, 0.1) is 16.5 Å². The number of benzene rings is 1. The van der Waals surface area contributed by atoms with E-state index in [1.807, 2.05) is 22.8 Å². The maximum absolute atomic E-state index is 11.1. The number of aromatic nitrogens is 2. The molecule has 0 fully saturated rings. The fourth-order valence-electron chi connectivity index (χ4n) is 2.52. The van der Waals surface area contributed by atoms with Crippen molar-refractivity contribution in [2.45, 2.75) is 19.4 Å². The Bertz CT molecular complexity index is 766. The fourth-order valence-corrected chi connectivity index (χ4v) is 2.52. The number of rotatable bonds is 5. The molecule has 3 rings (SSSR count). The van der Waals surface area contributed by atoms with Gasteiger partial charge in [-0.1, -0.05) is 30.3 Å². The van der Waals surface area contributed by atoms with Crippen LogP contribution in [0.5, 0.6) is 0 Å². The van der Waals surface area contributed by atoms with Crippen LogP contribution in [-0.2, 0) is 13.0 Å². The van der Waals surface area contributed by atoms with Crippen molar-refractivity contribution < 1.29 is 4.92 Å². The zero-order valence-electron chi connectivity index (χ0n) is 11.5. The SMILES string of the molecule is O=[N+]([O-])c1cn(CCCc2ccccc2)c2ncccc12. The van der Waals surface area contributed by atoms with Crippen molar-refractivity contribution in [1.82, 2.24) is 9.55 Å². The zero-order valence-corrected chi connectivity index (χ0v) is 11.5. The molecule has 5 nitrogen and oxygen atoms in total. The van der Waals surface area contributed by atoms with Crippen molar-refractivity contribution in [3.63, 3.8) is 0 Å². The third-order valence-electron chi connectivity index (χ3n) is 3.52. The van der Waals surface area contributed by atoms with Gasteiger partial charge in [-0.2, -0.15) is 0 Å². The molecular weight excluding hydrogens is 266 g/mol. The van der Waals surface area contributed by atoms with Gasteiger partial charge in [-0.05, 0) is 30.5 Å². The topological polar surface area (TPSA) is 61.0 Å². The number of nitro groups is 1. The van der Waals surface area contributed by atoms with Crippen molar-refractivity contribution in [2.75, 3.05) is 0 Å². The predicted octanol–water partition coefficient (Wildman–Crippen LogP) is 3.58. The number of pyridine rings is 1. The molecule has 3 aromatic rings. The summed E-state index contributed by atoms with van der Waals surface area (Å²) in [5.41, 5.74) is 2.08. The van der Waals surface area contributed by atoms with Crippen LogP contribution in [0.25, 0.3) is 11.0 Å². The van der Waals surface area contributed by atoms with Gasteiger partial charge >= 0.3 is 0 Å². The van der Waals surface area contributed by atoms with Crippen molar-refractivity contribution in [1.29, 1.82) is 0 Å². The lowest BCUT2D eigenvalue weighted by Gasteiger charge is -2.04. The van der Waals surface area contributed by atoms with Gasteiger partial charge in [0.2, 0.25) is 0 Å². The Morgan fingerprint density at radius 3 is 2.71 bits per heavy atom. The minimum Gasteiger partial charge on any atom is -0.326 e. The molecule has 5 heteroatoms. The predicted molar refractivity (Wildman–Crippen MR) is 81.2 cm³/mol. The van der Waals surface area contributed by atoms with Crippen LogP contribution in [0.2, 0.25) is 0 Å². The summed E-state index contributed by atoms with van der Waals surface area (Å²) in [6.07, 6.45) is 5.12. The van der Waals surface area contributed by atoms with E-state index in [9.17, 15) is 10.1 Å².